The second kappa shape index (κ2) is 8.70. The molecule has 3 N–H and O–H groups in total. The molecule has 0 saturated heterocycles. The van der Waals surface area contributed by atoms with E-state index in [9.17, 15) is 4.39 Å². The van der Waals surface area contributed by atoms with Crippen LogP contribution in [0.2, 0.25) is 0 Å². The van der Waals surface area contributed by atoms with E-state index in [0.29, 0.717) is 30.1 Å². The van der Waals surface area contributed by atoms with Crippen LogP contribution in [0.25, 0.3) is 0 Å². The summed E-state index contributed by atoms with van der Waals surface area (Å²) in [5.41, 5.74) is 6.59. The lowest BCUT2D eigenvalue weighted by Crippen LogP contribution is -2.32. The summed E-state index contributed by atoms with van der Waals surface area (Å²) in [5.74, 6) is 5.29. The van der Waals surface area contributed by atoms with Gasteiger partial charge >= 0.3 is 0 Å². The van der Waals surface area contributed by atoms with Crippen molar-refractivity contribution in [3.8, 4) is 11.8 Å². The van der Waals surface area contributed by atoms with Gasteiger partial charge in [0.25, 0.3) is 0 Å². The minimum atomic E-state index is -0.247. The van der Waals surface area contributed by atoms with E-state index in [1.54, 1.807) is 6.07 Å². The fraction of sp³-hybridized carbons (Fsp3) is 0.500. The first kappa shape index (κ1) is 16.6. The molecule has 0 fully saturated rings. The van der Waals surface area contributed by atoms with Crippen molar-refractivity contribution in [3.05, 3.63) is 35.1 Å². The summed E-state index contributed by atoms with van der Waals surface area (Å²) in [6.45, 7) is 5.84. The highest BCUT2D eigenvalue weighted by molar-refractivity contribution is 5.37. The highest BCUT2D eigenvalue weighted by atomic mass is 19.1. The first-order valence-electron chi connectivity index (χ1n) is 6.90. The molecule has 0 aliphatic heterocycles. The molecular formula is C16H23FN2O. The smallest absolute Gasteiger partial charge is 0.128 e. The second-order valence-electron chi connectivity index (χ2n) is 4.95. The number of benzene rings is 1. The normalized spacial score (nSPS) is 10.8. The van der Waals surface area contributed by atoms with E-state index in [0.717, 1.165) is 6.54 Å². The van der Waals surface area contributed by atoms with Crippen molar-refractivity contribution in [2.45, 2.75) is 32.9 Å². The molecule has 20 heavy (non-hydrogen) atoms. The lowest BCUT2D eigenvalue weighted by atomic mass is 10.1. The van der Waals surface area contributed by atoms with Crippen LogP contribution in [-0.4, -0.2) is 35.7 Å². The maximum atomic E-state index is 14.0. The zero-order valence-corrected chi connectivity index (χ0v) is 12.2. The summed E-state index contributed by atoms with van der Waals surface area (Å²) in [4.78, 5) is 2.14. The molecule has 0 aliphatic carbocycles. The first-order valence-corrected chi connectivity index (χ1v) is 6.90. The van der Waals surface area contributed by atoms with E-state index >= 15 is 0 Å². The van der Waals surface area contributed by atoms with Gasteiger partial charge in [-0.25, -0.2) is 4.39 Å². The van der Waals surface area contributed by atoms with Crippen molar-refractivity contribution >= 4 is 0 Å². The highest BCUT2D eigenvalue weighted by Gasteiger charge is 2.12. The average molecular weight is 278 g/mol. The van der Waals surface area contributed by atoms with E-state index in [-0.39, 0.29) is 19.0 Å². The quantitative estimate of drug-likeness (QED) is 0.779. The molecule has 0 aromatic heterocycles. The number of nitrogens with two attached hydrogens (primary N) is 1. The first-order chi connectivity index (χ1) is 9.58. The fourth-order valence-corrected chi connectivity index (χ4v) is 1.92. The Morgan fingerprint density at radius 3 is 2.70 bits per heavy atom. The van der Waals surface area contributed by atoms with Crippen molar-refractivity contribution in [2.24, 2.45) is 5.73 Å². The van der Waals surface area contributed by atoms with Crippen molar-refractivity contribution in [3.63, 3.8) is 0 Å². The molecule has 1 aromatic rings. The summed E-state index contributed by atoms with van der Waals surface area (Å²) >= 11 is 0. The van der Waals surface area contributed by atoms with Crippen LogP contribution in [0.5, 0.6) is 0 Å². The Balaban J connectivity index is 2.80. The lowest BCUT2D eigenvalue weighted by molar-refractivity contribution is 0.183. The predicted molar refractivity (Wildman–Crippen MR) is 79.6 cm³/mol. The Hall–Kier alpha value is -1.41. The van der Waals surface area contributed by atoms with Gasteiger partial charge in [0.1, 0.15) is 5.82 Å². The van der Waals surface area contributed by atoms with Gasteiger partial charge in [0.15, 0.2) is 0 Å². The van der Waals surface area contributed by atoms with Gasteiger partial charge in [-0.1, -0.05) is 17.9 Å². The van der Waals surface area contributed by atoms with E-state index in [4.69, 9.17) is 10.8 Å². The second-order valence-corrected chi connectivity index (χ2v) is 4.95. The van der Waals surface area contributed by atoms with Crippen LogP contribution < -0.4 is 5.73 Å². The number of hydrogen-bond acceptors (Lipinski definition) is 3. The maximum absolute atomic E-state index is 14.0. The molecule has 1 rings (SSSR count). The summed E-state index contributed by atoms with van der Waals surface area (Å²) in [7, 11) is 0. The molecule has 3 nitrogen and oxygen atoms in total. The maximum Gasteiger partial charge on any atom is 0.128 e. The van der Waals surface area contributed by atoms with Crippen molar-refractivity contribution in [1.29, 1.82) is 0 Å². The zero-order valence-electron chi connectivity index (χ0n) is 12.2. The fourth-order valence-electron chi connectivity index (χ4n) is 1.92. The highest BCUT2D eigenvalue weighted by Crippen LogP contribution is 2.14. The number of rotatable bonds is 6. The van der Waals surface area contributed by atoms with Gasteiger partial charge in [0.05, 0.1) is 6.54 Å². The van der Waals surface area contributed by atoms with Crippen LogP contribution in [-0.2, 0) is 6.54 Å². The predicted octanol–water partition coefficient (Wildman–Crippen LogP) is 1.73. The molecule has 1 aromatic carbocycles. The Morgan fingerprint density at radius 1 is 1.40 bits per heavy atom. The SMILES string of the molecule is CC(C)N(CCCO)Cc1ccc(C#CCN)cc1F. The molecule has 0 aliphatic rings. The molecule has 0 heterocycles. The van der Waals surface area contributed by atoms with E-state index in [1.165, 1.54) is 6.07 Å². The number of nitrogens with zero attached hydrogens (tertiary/aromatic N) is 1. The van der Waals surface area contributed by atoms with Crippen LogP contribution in [0.4, 0.5) is 4.39 Å². The van der Waals surface area contributed by atoms with E-state index in [2.05, 4.69) is 30.6 Å². The monoisotopic (exact) mass is 278 g/mol. The van der Waals surface area contributed by atoms with Crippen LogP contribution in [0.3, 0.4) is 0 Å². The van der Waals surface area contributed by atoms with Gasteiger partial charge in [-0.15, -0.1) is 0 Å². The number of halogens is 1. The molecule has 0 bridgehead atoms. The lowest BCUT2D eigenvalue weighted by Gasteiger charge is -2.26. The summed E-state index contributed by atoms with van der Waals surface area (Å²) < 4.78 is 14.0. The molecule has 0 amide bonds. The van der Waals surface area contributed by atoms with Gasteiger partial charge in [0.2, 0.25) is 0 Å². The molecule has 0 radical (unpaired) electrons. The van der Waals surface area contributed by atoms with Crippen molar-refractivity contribution < 1.29 is 9.50 Å². The third-order valence-corrected chi connectivity index (χ3v) is 3.10. The standard InChI is InChI=1S/C16H23FN2O/c1-13(2)19(9-4-10-20)12-15-7-6-14(5-3-8-18)11-16(15)17/h6-7,11,13,20H,4,8-10,12,18H2,1-2H3. The molecule has 110 valence electrons. The Bertz CT molecular complexity index is 477. The number of aliphatic hydroxyl groups excluding tert-OH is 1. The van der Waals surface area contributed by atoms with Gasteiger partial charge in [-0.2, -0.15) is 0 Å². The summed E-state index contributed by atoms with van der Waals surface area (Å²) in [6, 6.07) is 5.33. The number of aliphatic hydroxyl groups is 1. The third kappa shape index (κ3) is 5.30. The molecular weight excluding hydrogens is 255 g/mol. The molecule has 4 heteroatoms. The van der Waals surface area contributed by atoms with Gasteiger partial charge in [-0.05, 0) is 32.4 Å². The largest absolute Gasteiger partial charge is 0.396 e. The summed E-state index contributed by atoms with van der Waals surface area (Å²) in [5, 5.41) is 8.91. The Morgan fingerprint density at radius 2 is 2.15 bits per heavy atom. The van der Waals surface area contributed by atoms with Gasteiger partial charge in [-0.3, -0.25) is 4.90 Å². The zero-order chi connectivity index (χ0) is 15.0. The van der Waals surface area contributed by atoms with Crippen molar-refractivity contribution in [1.82, 2.24) is 4.90 Å². The number of hydrogen-bond donors (Lipinski definition) is 2. The Kier molecular flexibility index (Phi) is 7.24. The topological polar surface area (TPSA) is 49.5 Å². The third-order valence-electron chi connectivity index (χ3n) is 3.10. The summed E-state index contributed by atoms with van der Waals surface area (Å²) in [6.07, 6.45) is 0.694. The van der Waals surface area contributed by atoms with E-state index < -0.39 is 0 Å². The van der Waals surface area contributed by atoms with Crippen LogP contribution in [0.15, 0.2) is 18.2 Å². The minimum Gasteiger partial charge on any atom is -0.396 e. The molecule has 0 unspecified atom stereocenters. The van der Waals surface area contributed by atoms with Crippen LogP contribution >= 0.6 is 0 Å². The van der Waals surface area contributed by atoms with Crippen LogP contribution in [0.1, 0.15) is 31.4 Å². The van der Waals surface area contributed by atoms with Gasteiger partial charge in [0, 0.05) is 36.9 Å². The molecule has 0 spiro atoms. The molecule has 0 atom stereocenters. The van der Waals surface area contributed by atoms with Crippen molar-refractivity contribution in [2.75, 3.05) is 19.7 Å². The van der Waals surface area contributed by atoms with E-state index in [1.807, 2.05) is 6.07 Å². The average Bonchev–Trinajstić information content (AvgIpc) is 2.42. The Labute approximate surface area is 120 Å². The van der Waals surface area contributed by atoms with Gasteiger partial charge < -0.3 is 10.8 Å². The molecule has 0 saturated carbocycles. The van der Waals surface area contributed by atoms with Crippen LogP contribution in [0, 0.1) is 17.7 Å². The minimum absolute atomic E-state index is 0.152.